The predicted molar refractivity (Wildman–Crippen MR) is 74.7 cm³/mol. The fraction of sp³-hybridized carbons (Fsp3) is 0.500. The van der Waals surface area contributed by atoms with Gasteiger partial charge < -0.3 is 15.6 Å². The van der Waals surface area contributed by atoms with Crippen molar-refractivity contribution in [3.63, 3.8) is 0 Å². The van der Waals surface area contributed by atoms with E-state index in [0.717, 1.165) is 6.54 Å². The lowest BCUT2D eigenvalue weighted by Crippen LogP contribution is -2.57. The normalized spacial score (nSPS) is 29.0. The van der Waals surface area contributed by atoms with Gasteiger partial charge in [0.05, 0.1) is 11.3 Å². The molecule has 5 heteroatoms. The monoisotopic (exact) mass is 260 g/mol. The quantitative estimate of drug-likeness (QED) is 0.555. The van der Waals surface area contributed by atoms with E-state index in [0.29, 0.717) is 17.2 Å². The molecule has 1 unspecified atom stereocenters. The Morgan fingerprint density at radius 3 is 2.63 bits per heavy atom. The van der Waals surface area contributed by atoms with Crippen LogP contribution in [0.5, 0.6) is 0 Å². The number of nitrogen functional groups attached to an aromatic ring is 1. The van der Waals surface area contributed by atoms with Gasteiger partial charge in [-0.25, -0.2) is 0 Å². The minimum Gasteiger partial charge on any atom is -0.348 e. The standard InChI is InChI=1S/C14H20N4O/c15-17-12-4-2-1-3-11(12)14(19)16-13-9-18-7-5-10(13)6-8-18/h1-4,10,13,17H,5-9,15H2,(H,16,19). The van der Waals surface area contributed by atoms with Crippen molar-refractivity contribution < 1.29 is 4.79 Å². The Hall–Kier alpha value is -1.59. The zero-order valence-corrected chi connectivity index (χ0v) is 10.9. The zero-order chi connectivity index (χ0) is 13.2. The fourth-order valence-electron chi connectivity index (χ4n) is 3.18. The first-order valence-electron chi connectivity index (χ1n) is 6.87. The van der Waals surface area contributed by atoms with E-state index in [1.165, 1.54) is 25.9 Å². The van der Waals surface area contributed by atoms with Crippen molar-refractivity contribution in [1.29, 1.82) is 0 Å². The van der Waals surface area contributed by atoms with Crippen LogP contribution in [0.4, 0.5) is 5.69 Å². The number of hydrazine groups is 1. The molecule has 4 rings (SSSR count). The van der Waals surface area contributed by atoms with Crippen molar-refractivity contribution in [3.05, 3.63) is 29.8 Å². The summed E-state index contributed by atoms with van der Waals surface area (Å²) in [5.41, 5.74) is 3.86. The molecule has 3 fully saturated rings. The lowest BCUT2D eigenvalue weighted by atomic mass is 9.84. The van der Waals surface area contributed by atoms with Crippen LogP contribution in [-0.2, 0) is 0 Å². The molecule has 0 saturated carbocycles. The maximum Gasteiger partial charge on any atom is 0.253 e. The number of carbonyl (C=O) groups is 1. The Kier molecular flexibility index (Phi) is 3.40. The second-order valence-corrected chi connectivity index (χ2v) is 5.41. The Labute approximate surface area is 113 Å². The number of nitrogens with zero attached hydrogens (tertiary/aromatic N) is 1. The maximum atomic E-state index is 12.3. The van der Waals surface area contributed by atoms with Crippen LogP contribution in [0.3, 0.4) is 0 Å². The third-order valence-electron chi connectivity index (χ3n) is 4.30. The number of nitrogens with two attached hydrogens (primary N) is 1. The van der Waals surface area contributed by atoms with Crippen LogP contribution in [0, 0.1) is 5.92 Å². The predicted octanol–water partition coefficient (Wildman–Crippen LogP) is 0.796. The average molecular weight is 260 g/mol. The highest BCUT2D eigenvalue weighted by atomic mass is 16.1. The molecule has 1 aromatic rings. The smallest absolute Gasteiger partial charge is 0.253 e. The summed E-state index contributed by atoms with van der Waals surface area (Å²) >= 11 is 0. The van der Waals surface area contributed by atoms with Gasteiger partial charge >= 0.3 is 0 Å². The summed E-state index contributed by atoms with van der Waals surface area (Å²) < 4.78 is 0. The number of anilines is 1. The molecule has 0 radical (unpaired) electrons. The Balaban J connectivity index is 1.71. The first kappa shape index (κ1) is 12.4. The first-order valence-corrected chi connectivity index (χ1v) is 6.87. The van der Waals surface area contributed by atoms with Crippen molar-refractivity contribution in [2.45, 2.75) is 18.9 Å². The van der Waals surface area contributed by atoms with Crippen LogP contribution in [0.2, 0.25) is 0 Å². The SMILES string of the molecule is NNc1ccccc1C(=O)NC1CN2CCC1CC2. The van der Waals surface area contributed by atoms with Crippen LogP contribution < -0.4 is 16.6 Å². The summed E-state index contributed by atoms with van der Waals surface area (Å²) in [7, 11) is 0. The number of piperidine rings is 3. The lowest BCUT2D eigenvalue weighted by Gasteiger charge is -2.44. The number of hydrogen-bond donors (Lipinski definition) is 3. The summed E-state index contributed by atoms with van der Waals surface area (Å²) in [5, 5.41) is 3.17. The van der Waals surface area contributed by atoms with Crippen molar-refractivity contribution in [3.8, 4) is 0 Å². The molecular formula is C14H20N4O. The van der Waals surface area contributed by atoms with Crippen molar-refractivity contribution >= 4 is 11.6 Å². The van der Waals surface area contributed by atoms with Crippen LogP contribution >= 0.6 is 0 Å². The molecular weight excluding hydrogens is 240 g/mol. The molecule has 3 heterocycles. The number of benzene rings is 1. The molecule has 3 aliphatic heterocycles. The van der Waals surface area contributed by atoms with E-state index in [1.54, 1.807) is 6.07 Å². The van der Waals surface area contributed by atoms with Crippen molar-refractivity contribution in [2.24, 2.45) is 11.8 Å². The number of carbonyl (C=O) groups excluding carboxylic acids is 1. The maximum absolute atomic E-state index is 12.3. The largest absolute Gasteiger partial charge is 0.348 e. The van der Waals surface area contributed by atoms with E-state index in [1.807, 2.05) is 18.2 Å². The van der Waals surface area contributed by atoms with Gasteiger partial charge in [-0.3, -0.25) is 10.6 Å². The van der Waals surface area contributed by atoms with Gasteiger partial charge in [0.1, 0.15) is 0 Å². The van der Waals surface area contributed by atoms with E-state index < -0.39 is 0 Å². The second kappa shape index (κ2) is 5.19. The van der Waals surface area contributed by atoms with Crippen LogP contribution in [0.15, 0.2) is 24.3 Å². The van der Waals surface area contributed by atoms with Gasteiger partial charge in [-0.1, -0.05) is 12.1 Å². The molecule has 0 aromatic heterocycles. The second-order valence-electron chi connectivity index (χ2n) is 5.41. The van der Waals surface area contributed by atoms with Gasteiger partial charge in [-0.15, -0.1) is 0 Å². The number of hydrogen-bond acceptors (Lipinski definition) is 4. The van der Waals surface area contributed by atoms with E-state index in [4.69, 9.17) is 5.84 Å². The van der Waals surface area contributed by atoms with E-state index in [-0.39, 0.29) is 11.9 Å². The van der Waals surface area contributed by atoms with Crippen LogP contribution in [0.1, 0.15) is 23.2 Å². The van der Waals surface area contributed by atoms with Gasteiger partial charge in [-0.05, 0) is 44.0 Å². The number of para-hydroxylation sites is 1. The highest BCUT2D eigenvalue weighted by Crippen LogP contribution is 2.28. The average Bonchev–Trinajstić information content (AvgIpc) is 2.48. The fourth-order valence-corrected chi connectivity index (χ4v) is 3.18. The first-order chi connectivity index (χ1) is 9.28. The summed E-state index contributed by atoms with van der Waals surface area (Å²) in [5.74, 6) is 6.04. The lowest BCUT2D eigenvalue weighted by molar-refractivity contribution is 0.0621. The van der Waals surface area contributed by atoms with Crippen LogP contribution in [0.25, 0.3) is 0 Å². The number of rotatable bonds is 3. The molecule has 19 heavy (non-hydrogen) atoms. The highest BCUT2D eigenvalue weighted by Gasteiger charge is 2.35. The van der Waals surface area contributed by atoms with Gasteiger partial charge in [0.15, 0.2) is 0 Å². The molecule has 0 aliphatic carbocycles. The number of fused-ring (bicyclic) bond motifs is 3. The molecule has 3 saturated heterocycles. The van der Waals surface area contributed by atoms with Crippen LogP contribution in [-0.4, -0.2) is 36.5 Å². The zero-order valence-electron chi connectivity index (χ0n) is 10.9. The number of nitrogens with one attached hydrogen (secondary N) is 2. The Morgan fingerprint density at radius 2 is 2.00 bits per heavy atom. The van der Waals surface area contributed by atoms with Crippen molar-refractivity contribution in [1.82, 2.24) is 10.2 Å². The summed E-state index contributed by atoms with van der Waals surface area (Å²) in [6.07, 6.45) is 2.39. The van der Waals surface area contributed by atoms with E-state index >= 15 is 0 Å². The van der Waals surface area contributed by atoms with Gasteiger partial charge in [-0.2, -0.15) is 0 Å². The summed E-state index contributed by atoms with van der Waals surface area (Å²) in [4.78, 5) is 14.8. The molecule has 1 atom stereocenters. The Bertz CT molecular complexity index is 468. The summed E-state index contributed by atoms with van der Waals surface area (Å²) in [6, 6.07) is 7.60. The molecule has 2 bridgehead atoms. The minimum absolute atomic E-state index is 0.0349. The molecule has 3 aliphatic rings. The van der Waals surface area contributed by atoms with E-state index in [9.17, 15) is 4.79 Å². The number of amides is 1. The van der Waals surface area contributed by atoms with E-state index in [2.05, 4.69) is 15.6 Å². The molecule has 102 valence electrons. The highest BCUT2D eigenvalue weighted by molar-refractivity contribution is 5.99. The van der Waals surface area contributed by atoms with Gasteiger partial charge in [0.2, 0.25) is 0 Å². The molecule has 0 spiro atoms. The van der Waals surface area contributed by atoms with Gasteiger partial charge in [0, 0.05) is 12.6 Å². The third-order valence-corrected chi connectivity index (χ3v) is 4.30. The summed E-state index contributed by atoms with van der Waals surface area (Å²) in [6.45, 7) is 3.34. The third kappa shape index (κ3) is 2.43. The molecule has 1 aromatic carbocycles. The minimum atomic E-state index is -0.0349. The topological polar surface area (TPSA) is 70.4 Å². The molecule has 5 nitrogen and oxygen atoms in total. The Morgan fingerprint density at radius 1 is 1.26 bits per heavy atom. The van der Waals surface area contributed by atoms with Gasteiger partial charge in [0.25, 0.3) is 5.91 Å². The van der Waals surface area contributed by atoms with Crippen molar-refractivity contribution in [2.75, 3.05) is 25.1 Å². The molecule has 1 amide bonds. The molecule has 4 N–H and O–H groups in total.